The van der Waals surface area contributed by atoms with E-state index in [2.05, 4.69) is 167 Å². The van der Waals surface area contributed by atoms with Gasteiger partial charge in [-0.15, -0.1) is 0 Å². The highest BCUT2D eigenvalue weighted by Crippen LogP contribution is 2.48. The normalized spacial score (nSPS) is 12.5. The van der Waals surface area contributed by atoms with Crippen molar-refractivity contribution < 1.29 is 4.42 Å². The summed E-state index contributed by atoms with van der Waals surface area (Å²) in [6.45, 7) is 0. The van der Waals surface area contributed by atoms with Crippen molar-refractivity contribution >= 4 is 104 Å². The molecule has 0 aliphatic rings. The van der Waals surface area contributed by atoms with E-state index < -0.39 is 0 Å². The maximum atomic E-state index is 6.93. The van der Waals surface area contributed by atoms with Crippen molar-refractivity contribution in [3.05, 3.63) is 158 Å². The van der Waals surface area contributed by atoms with Crippen molar-refractivity contribution in [3.8, 4) is 17.1 Å². The lowest BCUT2D eigenvalue weighted by atomic mass is 10.0. The highest BCUT2D eigenvalue weighted by atomic mass is 16.3. The topological polar surface area (TPSA) is 48.3 Å². The fourth-order valence-corrected chi connectivity index (χ4v) is 9.23. The third kappa shape index (κ3) is 3.42. The molecule has 0 saturated heterocycles. The summed E-state index contributed by atoms with van der Waals surface area (Å²) >= 11 is 0. The highest BCUT2D eigenvalue weighted by molar-refractivity contribution is 6.35. The van der Waals surface area contributed by atoms with E-state index in [0.717, 1.165) is 88.3 Å². The largest absolute Gasteiger partial charge is 0.454 e. The van der Waals surface area contributed by atoms with Crippen LogP contribution in [0.5, 0.6) is 0 Å². The molecule has 0 bridgehead atoms. The number of aromatic nitrogens is 4. The van der Waals surface area contributed by atoms with Crippen molar-refractivity contribution in [1.82, 2.24) is 18.9 Å². The molecule has 0 amide bonds. The molecule has 5 nitrogen and oxygen atoms in total. The molecule has 0 spiro atoms. The van der Waals surface area contributed by atoms with E-state index >= 15 is 0 Å². The second-order valence-electron chi connectivity index (χ2n) is 14.1. The zero-order valence-corrected chi connectivity index (χ0v) is 28.2. The molecule has 0 unspecified atom stereocenters. The lowest BCUT2D eigenvalue weighted by Crippen LogP contribution is -2.04. The minimum Gasteiger partial charge on any atom is -0.454 e. The van der Waals surface area contributed by atoms with Gasteiger partial charge < -0.3 is 8.82 Å². The second kappa shape index (κ2) is 9.75. The Morgan fingerprint density at radius 2 is 1.15 bits per heavy atom. The molecule has 13 rings (SSSR count). The quantitative estimate of drug-likeness (QED) is 0.172. The third-order valence-corrected chi connectivity index (χ3v) is 11.4. The Bertz CT molecular complexity index is 3680. The predicted octanol–water partition coefficient (Wildman–Crippen LogP) is 12.6. The zero-order chi connectivity index (χ0) is 34.4. The van der Waals surface area contributed by atoms with Crippen LogP contribution in [0.15, 0.2) is 162 Å². The summed E-state index contributed by atoms with van der Waals surface area (Å²) in [5.74, 6) is 0.797. The molecule has 244 valence electrons. The van der Waals surface area contributed by atoms with Gasteiger partial charge in [0.15, 0.2) is 11.4 Å². The summed E-state index contributed by atoms with van der Waals surface area (Å²) in [6, 6.07) is 56.1. The van der Waals surface area contributed by atoms with Gasteiger partial charge in [0.2, 0.25) is 0 Å². The molecule has 0 fully saturated rings. The van der Waals surface area contributed by atoms with Crippen molar-refractivity contribution in [2.75, 3.05) is 0 Å². The number of nitrogens with zero attached hydrogens (tertiary/aromatic N) is 4. The van der Waals surface area contributed by atoms with Gasteiger partial charge in [-0.3, -0.25) is 4.57 Å². The van der Waals surface area contributed by atoms with Crippen LogP contribution in [0.25, 0.3) is 121 Å². The fourth-order valence-electron chi connectivity index (χ4n) is 9.23. The van der Waals surface area contributed by atoms with Gasteiger partial charge in [-0.05, 0) is 41.1 Å². The minimum absolute atomic E-state index is 0.797. The smallest absolute Gasteiger partial charge is 0.165 e. The summed E-state index contributed by atoms with van der Waals surface area (Å²) in [5, 5.41) is 11.6. The van der Waals surface area contributed by atoms with E-state index in [9.17, 15) is 0 Å². The van der Waals surface area contributed by atoms with Crippen LogP contribution in [0.4, 0.5) is 0 Å². The van der Waals surface area contributed by atoms with Gasteiger partial charge in [-0.2, -0.15) is 0 Å². The van der Waals surface area contributed by atoms with E-state index in [1.807, 2.05) is 0 Å². The van der Waals surface area contributed by atoms with Gasteiger partial charge in [0, 0.05) is 48.7 Å². The second-order valence-corrected chi connectivity index (χ2v) is 14.1. The van der Waals surface area contributed by atoms with Crippen LogP contribution in [0.2, 0.25) is 0 Å². The summed E-state index contributed by atoms with van der Waals surface area (Å²) in [7, 11) is 0. The van der Waals surface area contributed by atoms with Crippen LogP contribution >= 0.6 is 0 Å². The summed E-state index contributed by atoms with van der Waals surface area (Å²) in [4.78, 5) is 11.1. The van der Waals surface area contributed by atoms with Gasteiger partial charge in [0.1, 0.15) is 11.3 Å². The SMILES string of the molecule is c1ccc(-c2nc3c(ccc4ccccc43)nc2-n2c3cccc4c5cccc6c7ccccc7n(c56)c5c6oc7ccccc7c6cc2c5c43)cc1. The molecule has 0 atom stereocenters. The molecule has 5 heterocycles. The van der Waals surface area contributed by atoms with Crippen molar-refractivity contribution in [2.24, 2.45) is 0 Å². The molecule has 0 N–H and O–H groups in total. The van der Waals surface area contributed by atoms with E-state index in [-0.39, 0.29) is 0 Å². The first-order chi connectivity index (χ1) is 26.3. The molecule has 0 aliphatic heterocycles. The third-order valence-electron chi connectivity index (χ3n) is 11.4. The Hall–Kier alpha value is -7.24. The molecular formula is C48H26N4O. The van der Waals surface area contributed by atoms with Gasteiger partial charge in [-0.1, -0.05) is 127 Å². The average Bonchev–Trinajstić information content (AvgIpc) is 3.84. The Morgan fingerprint density at radius 1 is 0.453 bits per heavy atom. The van der Waals surface area contributed by atoms with Crippen LogP contribution in [-0.4, -0.2) is 18.9 Å². The molecule has 5 aromatic heterocycles. The summed E-state index contributed by atoms with van der Waals surface area (Å²) in [6.07, 6.45) is 0. The van der Waals surface area contributed by atoms with E-state index in [1.165, 1.54) is 32.4 Å². The number of fused-ring (bicyclic) bond motifs is 12. The number of furan rings is 1. The van der Waals surface area contributed by atoms with Crippen molar-refractivity contribution in [3.63, 3.8) is 0 Å². The molecule has 53 heavy (non-hydrogen) atoms. The van der Waals surface area contributed by atoms with Crippen LogP contribution in [0.1, 0.15) is 0 Å². The Balaban J connectivity index is 1.34. The molecule has 0 aliphatic carbocycles. The van der Waals surface area contributed by atoms with Crippen molar-refractivity contribution in [1.29, 1.82) is 0 Å². The van der Waals surface area contributed by atoms with E-state index in [0.29, 0.717) is 0 Å². The number of benzene rings is 8. The van der Waals surface area contributed by atoms with Crippen LogP contribution < -0.4 is 0 Å². The van der Waals surface area contributed by atoms with E-state index in [1.54, 1.807) is 0 Å². The lowest BCUT2D eigenvalue weighted by molar-refractivity contribution is 0.671. The standard InChI is InChI=1S/C48H26N4O/c1-2-13-28(14-3-1)43-48(49-36-25-24-27-12-4-5-15-29(27)44(36)50-43)51-38-22-11-18-32-34-20-10-19-33-30-16-6-8-21-37(30)52(45(33)34)46-42(41(32)38)39(51)26-35-31-17-7-9-23-40(31)53-47(35)46/h1-26H. The van der Waals surface area contributed by atoms with Crippen LogP contribution in [0, 0.1) is 0 Å². The maximum absolute atomic E-state index is 6.93. The van der Waals surface area contributed by atoms with Gasteiger partial charge in [0.25, 0.3) is 0 Å². The average molecular weight is 675 g/mol. The van der Waals surface area contributed by atoms with Gasteiger partial charge >= 0.3 is 0 Å². The Labute approximate surface area is 300 Å². The monoisotopic (exact) mass is 674 g/mol. The first-order valence-corrected chi connectivity index (χ1v) is 18.0. The first-order valence-electron chi connectivity index (χ1n) is 18.0. The van der Waals surface area contributed by atoms with Crippen LogP contribution in [0.3, 0.4) is 0 Å². The summed E-state index contributed by atoms with van der Waals surface area (Å²) in [5.41, 5.74) is 10.9. The summed E-state index contributed by atoms with van der Waals surface area (Å²) < 4.78 is 11.8. The predicted molar refractivity (Wildman–Crippen MR) is 219 cm³/mol. The fraction of sp³-hybridized carbons (Fsp3) is 0. The molecule has 0 saturated carbocycles. The van der Waals surface area contributed by atoms with Gasteiger partial charge in [-0.25, -0.2) is 9.97 Å². The molecule has 5 heteroatoms. The number of hydrogen-bond donors (Lipinski definition) is 0. The minimum atomic E-state index is 0.797. The molecule has 13 aromatic rings. The van der Waals surface area contributed by atoms with E-state index in [4.69, 9.17) is 14.4 Å². The molecule has 0 radical (unpaired) electrons. The first kappa shape index (κ1) is 27.5. The Morgan fingerprint density at radius 3 is 2.06 bits per heavy atom. The van der Waals surface area contributed by atoms with Gasteiger partial charge in [0.05, 0.1) is 38.6 Å². The number of para-hydroxylation sites is 3. The maximum Gasteiger partial charge on any atom is 0.165 e. The van der Waals surface area contributed by atoms with Crippen LogP contribution in [-0.2, 0) is 0 Å². The lowest BCUT2D eigenvalue weighted by Gasteiger charge is -2.15. The number of hydrogen-bond acceptors (Lipinski definition) is 3. The molecule has 8 aromatic carbocycles. The zero-order valence-electron chi connectivity index (χ0n) is 28.2. The van der Waals surface area contributed by atoms with Crippen molar-refractivity contribution in [2.45, 2.75) is 0 Å². The number of rotatable bonds is 2. The molecular weight excluding hydrogens is 649 g/mol. The Kier molecular flexibility index (Phi) is 5.06. The highest BCUT2D eigenvalue weighted by Gasteiger charge is 2.27.